The van der Waals surface area contributed by atoms with Crippen LogP contribution in [-0.2, 0) is 61.7 Å². The van der Waals surface area contributed by atoms with Gasteiger partial charge in [-0.1, -0.05) is 6.08 Å². The third-order valence-corrected chi connectivity index (χ3v) is 16.2. The van der Waals surface area contributed by atoms with Gasteiger partial charge < -0.3 is 108 Å². The number of aliphatic hydroxyl groups is 11. The Morgan fingerprint density at radius 1 is 0.697 bits per heavy atom. The average molecular weight is 1090 g/mol. The molecular weight excluding hydrogens is 1010 g/mol. The van der Waals surface area contributed by atoms with Gasteiger partial charge in [-0.3, -0.25) is 9.59 Å². The molecule has 24 heteroatoms. The first-order chi connectivity index (χ1) is 35.7. The molecule has 8 rings (SSSR count). The molecule has 5 saturated heterocycles. The molecule has 27 unspecified atom stereocenters. The number of ether oxygens (including phenoxy) is 11. The molecule has 0 amide bonds. The predicted octanol–water partition coefficient (Wildman–Crippen LogP) is -0.236. The third-order valence-electron chi connectivity index (χ3n) is 16.2. The van der Waals surface area contributed by atoms with Crippen molar-refractivity contribution in [2.45, 2.75) is 241 Å². The molecule has 0 aromatic rings. The molecule has 5 aliphatic heterocycles. The minimum absolute atomic E-state index is 0.0291. The van der Waals surface area contributed by atoms with Crippen LogP contribution < -0.4 is 0 Å². The Morgan fingerprint density at radius 3 is 1.80 bits per heavy atom. The van der Waals surface area contributed by atoms with E-state index >= 15 is 0 Å². The lowest BCUT2D eigenvalue weighted by atomic mass is 9.68. The second-order valence-corrected chi connectivity index (χ2v) is 22.1. The number of carbonyl (C=O) groups excluding carboxylic acids is 2. The van der Waals surface area contributed by atoms with Crippen LogP contribution in [0.15, 0.2) is 46.1 Å². The summed E-state index contributed by atoms with van der Waals surface area (Å²) in [6.07, 6.45) is -23.2. The second-order valence-electron chi connectivity index (χ2n) is 22.1. The highest BCUT2D eigenvalue weighted by molar-refractivity contribution is 6.06. The van der Waals surface area contributed by atoms with Crippen molar-refractivity contribution in [1.29, 1.82) is 0 Å². The molecule has 11 N–H and O–H groups in total. The second kappa shape index (κ2) is 23.6. The van der Waals surface area contributed by atoms with Crippen molar-refractivity contribution in [2.24, 2.45) is 17.8 Å². The summed E-state index contributed by atoms with van der Waals surface area (Å²) in [5.74, 6) is -5.60. The number of carbonyl (C=O) groups is 2. The molecule has 0 radical (unpaired) electrons. The minimum Gasteiger partial charge on any atom is -0.509 e. The van der Waals surface area contributed by atoms with Gasteiger partial charge in [-0.25, -0.2) is 0 Å². The van der Waals surface area contributed by atoms with Crippen LogP contribution in [0.3, 0.4) is 0 Å². The van der Waals surface area contributed by atoms with Gasteiger partial charge in [-0.05, 0) is 73.5 Å². The number of methoxy groups -OCH3 is 1. The van der Waals surface area contributed by atoms with Crippen LogP contribution in [0.25, 0.3) is 0 Å². The van der Waals surface area contributed by atoms with Gasteiger partial charge in [0.25, 0.3) is 0 Å². The van der Waals surface area contributed by atoms with Crippen molar-refractivity contribution in [3.8, 4) is 0 Å². The van der Waals surface area contributed by atoms with E-state index < -0.39 is 188 Å². The van der Waals surface area contributed by atoms with Crippen molar-refractivity contribution < 1.29 is 118 Å². The Kier molecular flexibility index (Phi) is 18.3. The number of hydrogen-bond donors (Lipinski definition) is 11. The van der Waals surface area contributed by atoms with Crippen molar-refractivity contribution in [3.05, 3.63) is 46.1 Å². The van der Waals surface area contributed by atoms with Gasteiger partial charge in [0.1, 0.15) is 66.1 Å². The fourth-order valence-electron chi connectivity index (χ4n) is 11.7. The number of hydrogen-bond acceptors (Lipinski definition) is 24. The molecule has 0 saturated carbocycles. The molecule has 27 atom stereocenters. The summed E-state index contributed by atoms with van der Waals surface area (Å²) in [5.41, 5.74) is -1.52. The Bertz CT molecular complexity index is 2190. The van der Waals surface area contributed by atoms with E-state index in [9.17, 15) is 65.8 Å². The van der Waals surface area contributed by atoms with Gasteiger partial charge >= 0.3 is 0 Å². The lowest BCUT2D eigenvalue weighted by Gasteiger charge is -2.46. The SMILES string of the molecule is COC(C(=O)C(O)C(C)O)C1CC2C=C3C=C(OC4CC(OC5CC(O)C(O)C(C)O5)C(O)C(C)O4)C(C)C(=O)C3=C(O)C2=C(O)C1OC1CC(OC2CC(O)C(OC3CC(C)(O)C(O)C(C)O3)C(C)O2)C(O)C(C)O1. The zero-order valence-electron chi connectivity index (χ0n) is 44.1. The van der Waals surface area contributed by atoms with Crippen LogP contribution in [0.5, 0.6) is 0 Å². The minimum atomic E-state index is -1.92. The summed E-state index contributed by atoms with van der Waals surface area (Å²) >= 11 is 0. The van der Waals surface area contributed by atoms with Crippen LogP contribution in [-0.4, -0.2) is 222 Å². The maximum Gasteiger partial charge on any atom is 0.202 e. The molecule has 3 aliphatic carbocycles. The number of rotatable bonds is 15. The quantitative estimate of drug-likeness (QED) is 0.101. The Morgan fingerprint density at radius 2 is 1.24 bits per heavy atom. The highest BCUT2D eigenvalue weighted by Crippen LogP contribution is 2.49. The Hall–Kier alpha value is -3.06. The lowest BCUT2D eigenvalue weighted by Crippen LogP contribution is -2.58. The predicted molar refractivity (Wildman–Crippen MR) is 257 cm³/mol. The van der Waals surface area contributed by atoms with Crippen molar-refractivity contribution in [3.63, 3.8) is 0 Å². The van der Waals surface area contributed by atoms with Crippen LogP contribution >= 0.6 is 0 Å². The molecule has 0 bridgehead atoms. The number of allylic oxidation sites excluding steroid dienone is 6. The van der Waals surface area contributed by atoms with Gasteiger partial charge in [-0.15, -0.1) is 0 Å². The zero-order valence-corrected chi connectivity index (χ0v) is 44.1. The normalized spacial score (nSPS) is 46.5. The van der Waals surface area contributed by atoms with Crippen molar-refractivity contribution in [2.75, 3.05) is 7.11 Å². The zero-order chi connectivity index (χ0) is 55.6. The van der Waals surface area contributed by atoms with E-state index in [0.29, 0.717) is 0 Å². The molecule has 0 aromatic carbocycles. The van der Waals surface area contributed by atoms with Gasteiger partial charge in [0.15, 0.2) is 36.7 Å². The van der Waals surface area contributed by atoms with Gasteiger partial charge in [0, 0.05) is 56.6 Å². The van der Waals surface area contributed by atoms with E-state index in [1.807, 2.05) is 0 Å². The monoisotopic (exact) mass is 1090 g/mol. The molecule has 76 heavy (non-hydrogen) atoms. The maximum atomic E-state index is 14.3. The van der Waals surface area contributed by atoms with E-state index in [4.69, 9.17) is 52.1 Å². The summed E-state index contributed by atoms with van der Waals surface area (Å²) in [4.78, 5) is 28.2. The van der Waals surface area contributed by atoms with Crippen LogP contribution in [0.1, 0.15) is 93.9 Å². The van der Waals surface area contributed by atoms with Crippen LogP contribution in [0.4, 0.5) is 0 Å². The average Bonchev–Trinajstić information content (AvgIpc) is 3.38. The fraction of sp³-hybridized carbons (Fsp3) is 0.808. The number of aliphatic hydroxyl groups excluding tert-OH is 10. The first kappa shape index (κ1) is 59.1. The van der Waals surface area contributed by atoms with E-state index in [1.165, 1.54) is 21.0 Å². The van der Waals surface area contributed by atoms with Crippen LogP contribution in [0.2, 0.25) is 0 Å². The maximum absolute atomic E-state index is 14.3. The molecule has 5 heterocycles. The van der Waals surface area contributed by atoms with Gasteiger partial charge in [0.05, 0.1) is 78.1 Å². The molecule has 0 aromatic heterocycles. The van der Waals surface area contributed by atoms with E-state index in [0.717, 1.165) is 0 Å². The molecule has 0 spiro atoms. The third kappa shape index (κ3) is 12.0. The standard InChI is InChI=1S/C52H78O24/c1-18-30(72-35-15-31(43(59)21(4)68-35)73-33-13-28(54)42(58)20(3)67-33)12-26-10-25-11-27(49(66-9)47(63)41(57)19(2)53)50(46(62)39(25)45(61)38(26)40(18)56)75-36-16-32(44(60)22(5)69-36)74-34-14-29(55)48(23(6)70-34)76-37-17-52(8,65)51(64)24(7)71-37/h10,12,18-25,27-29,31-37,41-44,48-51,53-55,57-62,64-65H,11,13-17H2,1-9H3. The molecule has 24 nitrogen and oxygen atoms in total. The number of Topliss-reactive ketones (excluding diaryl/α,β-unsaturated/α-hetero) is 2. The largest absolute Gasteiger partial charge is 0.509 e. The Balaban J connectivity index is 1.01. The van der Waals surface area contributed by atoms with Gasteiger partial charge in [-0.2, -0.15) is 0 Å². The summed E-state index contributed by atoms with van der Waals surface area (Å²) in [5, 5.41) is 121. The topological polar surface area (TPSA) is 358 Å². The molecule has 5 fully saturated rings. The van der Waals surface area contributed by atoms with Gasteiger partial charge in [0.2, 0.25) is 6.29 Å². The number of ketones is 2. The molecule has 430 valence electrons. The molecule has 8 aliphatic rings. The first-order valence-electron chi connectivity index (χ1n) is 26.3. The van der Waals surface area contributed by atoms with Crippen molar-refractivity contribution in [1.82, 2.24) is 0 Å². The van der Waals surface area contributed by atoms with Crippen LogP contribution in [0, 0.1) is 17.8 Å². The van der Waals surface area contributed by atoms with E-state index in [-0.39, 0.29) is 61.0 Å². The highest BCUT2D eigenvalue weighted by Gasteiger charge is 2.53. The lowest BCUT2D eigenvalue weighted by molar-refractivity contribution is -0.338. The van der Waals surface area contributed by atoms with E-state index in [2.05, 4.69) is 0 Å². The summed E-state index contributed by atoms with van der Waals surface area (Å²) in [6, 6.07) is 0. The smallest absolute Gasteiger partial charge is 0.202 e. The van der Waals surface area contributed by atoms with E-state index in [1.54, 1.807) is 53.7 Å². The molecular formula is C52H78O24. The first-order valence-corrected chi connectivity index (χ1v) is 26.3. The summed E-state index contributed by atoms with van der Waals surface area (Å²) in [6.45, 7) is 12.2. The summed E-state index contributed by atoms with van der Waals surface area (Å²) < 4.78 is 66.6. The fourth-order valence-corrected chi connectivity index (χ4v) is 11.7. The summed E-state index contributed by atoms with van der Waals surface area (Å²) in [7, 11) is 1.21. The Labute approximate surface area is 440 Å². The number of fused-ring (bicyclic) bond motifs is 2. The highest BCUT2D eigenvalue weighted by atomic mass is 16.7. The van der Waals surface area contributed by atoms with Crippen molar-refractivity contribution >= 4 is 11.6 Å².